The molecule has 4 aromatic heterocycles. The number of aromatic nitrogens is 7. The van der Waals surface area contributed by atoms with Gasteiger partial charge in [0, 0.05) is 29.6 Å². The van der Waals surface area contributed by atoms with Gasteiger partial charge in [0.1, 0.15) is 11.4 Å². The Morgan fingerprint density at radius 2 is 1.73 bits per heavy atom. The Hall–Kier alpha value is -4.95. The molecule has 188 valence electrons. The zero-order valence-electron chi connectivity index (χ0n) is 18.3. The number of amides is 1. The summed E-state index contributed by atoms with van der Waals surface area (Å²) in [5, 5.41) is 11.6. The topological polar surface area (TPSA) is 126 Å². The van der Waals surface area contributed by atoms with Crippen LogP contribution in [-0.2, 0) is 6.18 Å². The number of fused-ring (bicyclic) bond motifs is 1. The maximum absolute atomic E-state index is 14.3. The van der Waals surface area contributed by atoms with E-state index in [4.69, 9.17) is 5.73 Å². The zero-order chi connectivity index (χ0) is 26.5. The van der Waals surface area contributed by atoms with Crippen LogP contribution in [0.15, 0.2) is 66.0 Å². The van der Waals surface area contributed by atoms with E-state index in [9.17, 15) is 31.5 Å². The van der Waals surface area contributed by atoms with Crippen molar-refractivity contribution >= 4 is 11.6 Å². The minimum absolute atomic E-state index is 0.127. The van der Waals surface area contributed by atoms with Gasteiger partial charge in [0.15, 0.2) is 11.3 Å². The first-order valence-corrected chi connectivity index (χ1v) is 10.3. The van der Waals surface area contributed by atoms with Gasteiger partial charge in [-0.3, -0.25) is 14.0 Å². The lowest BCUT2D eigenvalue weighted by atomic mass is 10.0. The average molecular weight is 516 g/mol. The van der Waals surface area contributed by atoms with Crippen molar-refractivity contribution < 1.29 is 26.7 Å². The Bertz CT molecular complexity index is 1710. The van der Waals surface area contributed by atoms with Crippen molar-refractivity contribution in [1.29, 1.82) is 0 Å². The first-order chi connectivity index (χ1) is 17.6. The summed E-state index contributed by atoms with van der Waals surface area (Å²) >= 11 is 0. The van der Waals surface area contributed by atoms with Gasteiger partial charge in [0.05, 0.1) is 23.6 Å². The quantitative estimate of drug-likeness (QED) is 0.358. The molecule has 37 heavy (non-hydrogen) atoms. The number of nitrogens with zero attached hydrogens (tertiary/aromatic N) is 7. The van der Waals surface area contributed by atoms with Gasteiger partial charge in [0.2, 0.25) is 0 Å². The number of alkyl halides is 5. The number of pyridine rings is 1. The van der Waals surface area contributed by atoms with Crippen molar-refractivity contribution in [3.05, 3.63) is 88.4 Å². The highest BCUT2D eigenvalue weighted by Gasteiger charge is 2.43. The second kappa shape index (κ2) is 8.61. The average Bonchev–Trinajstić information content (AvgIpc) is 3.52. The SMILES string of the molecule is NC(=O)c1c(-c2ccc(-n3nccn3)c(C(F)F)c2)nn(-c2cccn3c(=O)ccnc23)c1C(F)(F)F. The van der Waals surface area contributed by atoms with E-state index >= 15 is 0 Å². The van der Waals surface area contributed by atoms with Crippen LogP contribution in [0.5, 0.6) is 0 Å². The predicted molar refractivity (Wildman–Crippen MR) is 117 cm³/mol. The normalized spacial score (nSPS) is 11.9. The van der Waals surface area contributed by atoms with E-state index in [1.54, 1.807) is 0 Å². The van der Waals surface area contributed by atoms with Crippen LogP contribution in [0.4, 0.5) is 22.0 Å². The molecule has 2 N–H and O–H groups in total. The minimum atomic E-state index is -5.16. The minimum Gasteiger partial charge on any atom is -0.365 e. The molecule has 0 aliphatic carbocycles. The van der Waals surface area contributed by atoms with Crippen LogP contribution >= 0.6 is 0 Å². The largest absolute Gasteiger partial charge is 0.434 e. The van der Waals surface area contributed by atoms with Crippen molar-refractivity contribution in [3.8, 4) is 22.6 Å². The highest BCUT2D eigenvalue weighted by molar-refractivity contribution is 6.00. The molecule has 4 heterocycles. The number of nitrogens with two attached hydrogens (primary N) is 1. The van der Waals surface area contributed by atoms with Gasteiger partial charge >= 0.3 is 6.18 Å². The van der Waals surface area contributed by atoms with E-state index in [-0.39, 0.29) is 22.6 Å². The Morgan fingerprint density at radius 3 is 2.38 bits per heavy atom. The van der Waals surface area contributed by atoms with Crippen molar-refractivity contribution in [1.82, 2.24) is 34.2 Å². The Kier molecular flexibility index (Phi) is 5.54. The lowest BCUT2D eigenvalue weighted by molar-refractivity contribution is -0.143. The van der Waals surface area contributed by atoms with Gasteiger partial charge in [-0.15, -0.1) is 0 Å². The maximum atomic E-state index is 14.3. The van der Waals surface area contributed by atoms with Crippen LogP contribution in [0.2, 0.25) is 0 Å². The van der Waals surface area contributed by atoms with E-state index < -0.39 is 46.6 Å². The highest BCUT2D eigenvalue weighted by Crippen LogP contribution is 2.40. The summed E-state index contributed by atoms with van der Waals surface area (Å²) in [6.07, 6.45) is -3.33. The number of primary amides is 1. The van der Waals surface area contributed by atoms with Gasteiger partial charge in [-0.25, -0.2) is 18.4 Å². The zero-order valence-corrected chi connectivity index (χ0v) is 18.3. The second-order valence-electron chi connectivity index (χ2n) is 7.61. The van der Waals surface area contributed by atoms with Gasteiger partial charge in [-0.05, 0) is 24.3 Å². The van der Waals surface area contributed by atoms with Crippen molar-refractivity contribution in [2.75, 3.05) is 0 Å². The van der Waals surface area contributed by atoms with Crippen molar-refractivity contribution in [2.45, 2.75) is 12.6 Å². The van der Waals surface area contributed by atoms with E-state index in [0.29, 0.717) is 4.68 Å². The third kappa shape index (κ3) is 3.99. The number of carbonyl (C=O) groups is 1. The molecule has 0 aliphatic heterocycles. The number of rotatable bonds is 5. The number of hydrogen-bond donors (Lipinski definition) is 1. The van der Waals surface area contributed by atoms with Gasteiger partial charge in [0.25, 0.3) is 17.9 Å². The first kappa shape index (κ1) is 23.8. The molecule has 0 unspecified atom stereocenters. The second-order valence-corrected chi connectivity index (χ2v) is 7.61. The summed E-state index contributed by atoms with van der Waals surface area (Å²) in [6.45, 7) is 0. The standard InChI is InChI=1S/C22H13F5N8O2/c23-19(24)12-10-11(3-4-13(12)35-30-7-8-31-35)17-16(20(28)37)18(22(25,26)27)34(32-17)14-2-1-9-33-15(36)5-6-29-21(14)33/h1-10,19H,(H2,28,37). The maximum Gasteiger partial charge on any atom is 0.434 e. The van der Waals surface area contributed by atoms with Gasteiger partial charge in [-0.2, -0.15) is 33.3 Å². The number of halogens is 5. The van der Waals surface area contributed by atoms with E-state index in [1.807, 2.05) is 0 Å². The number of hydrogen-bond acceptors (Lipinski definition) is 6. The molecule has 0 bridgehead atoms. The van der Waals surface area contributed by atoms with E-state index in [0.717, 1.165) is 33.6 Å². The highest BCUT2D eigenvalue weighted by atomic mass is 19.4. The molecule has 0 fully saturated rings. The molecule has 0 radical (unpaired) electrons. The van der Waals surface area contributed by atoms with Crippen LogP contribution < -0.4 is 11.3 Å². The van der Waals surface area contributed by atoms with Crippen LogP contribution in [0.3, 0.4) is 0 Å². The van der Waals surface area contributed by atoms with Crippen molar-refractivity contribution in [2.24, 2.45) is 5.73 Å². The molecule has 15 heteroatoms. The predicted octanol–water partition coefficient (Wildman–Crippen LogP) is 3.18. The van der Waals surface area contributed by atoms with Gasteiger partial charge in [-0.1, -0.05) is 6.07 Å². The van der Waals surface area contributed by atoms with Crippen LogP contribution in [0, 0.1) is 0 Å². The fraction of sp³-hybridized carbons (Fsp3) is 0.0909. The third-order valence-electron chi connectivity index (χ3n) is 5.40. The molecule has 0 saturated heterocycles. The third-order valence-corrected chi connectivity index (χ3v) is 5.40. The van der Waals surface area contributed by atoms with Gasteiger partial charge < -0.3 is 5.73 Å². The smallest absolute Gasteiger partial charge is 0.365 e. The Morgan fingerprint density at radius 1 is 1.00 bits per heavy atom. The first-order valence-electron chi connectivity index (χ1n) is 10.3. The lowest BCUT2D eigenvalue weighted by Crippen LogP contribution is -2.22. The number of carbonyl (C=O) groups excluding carboxylic acids is 1. The molecule has 10 nitrogen and oxygen atoms in total. The fourth-order valence-electron chi connectivity index (χ4n) is 3.90. The Labute approximate surface area is 202 Å². The summed E-state index contributed by atoms with van der Waals surface area (Å²) in [4.78, 5) is 29.4. The summed E-state index contributed by atoms with van der Waals surface area (Å²) in [6, 6.07) is 6.83. The summed E-state index contributed by atoms with van der Waals surface area (Å²) in [5.41, 5.74) is 0.0918. The molecule has 0 aliphatic rings. The fourth-order valence-corrected chi connectivity index (χ4v) is 3.90. The molecule has 0 atom stereocenters. The molecule has 1 aromatic carbocycles. The van der Waals surface area contributed by atoms with Crippen LogP contribution in [0.25, 0.3) is 28.3 Å². The molecule has 0 saturated carbocycles. The molecular weight excluding hydrogens is 503 g/mol. The molecular formula is C22H13F5N8O2. The van der Waals surface area contributed by atoms with Crippen LogP contribution in [0.1, 0.15) is 28.0 Å². The number of benzene rings is 1. The monoisotopic (exact) mass is 516 g/mol. The molecule has 1 amide bonds. The Balaban J connectivity index is 1.83. The summed E-state index contributed by atoms with van der Waals surface area (Å²) in [5.74, 6) is -1.49. The lowest BCUT2D eigenvalue weighted by Gasteiger charge is -2.13. The van der Waals surface area contributed by atoms with Crippen LogP contribution in [-0.4, -0.2) is 40.1 Å². The molecule has 5 rings (SSSR count). The summed E-state index contributed by atoms with van der Waals surface area (Å²) in [7, 11) is 0. The van der Waals surface area contributed by atoms with Crippen molar-refractivity contribution in [3.63, 3.8) is 0 Å². The molecule has 5 aromatic rings. The summed E-state index contributed by atoms with van der Waals surface area (Å²) < 4.78 is 72.2. The van der Waals surface area contributed by atoms with E-state index in [1.165, 1.54) is 36.8 Å². The molecule has 0 spiro atoms. The van der Waals surface area contributed by atoms with E-state index in [2.05, 4.69) is 20.3 Å².